The summed E-state index contributed by atoms with van der Waals surface area (Å²) in [4.78, 5) is 179. The number of aromatic hydroxyl groups is 2. The smallest absolute Gasteiger partial charge is 0.305 e. The summed E-state index contributed by atoms with van der Waals surface area (Å²) in [6.07, 6.45) is -3.77. The van der Waals surface area contributed by atoms with Gasteiger partial charge in [-0.3, -0.25) is 62.3 Å². The van der Waals surface area contributed by atoms with Gasteiger partial charge in [-0.25, -0.2) is 0 Å². The first-order valence-electron chi connectivity index (χ1n) is 27.9. The first-order chi connectivity index (χ1) is 40.9. The van der Waals surface area contributed by atoms with E-state index in [1.165, 1.54) is 53.4 Å². The first kappa shape index (κ1) is 71.3. The Kier molecular flexibility index (Phi) is 28.0. The molecule has 87 heavy (non-hydrogen) atoms. The van der Waals surface area contributed by atoms with Crippen LogP contribution in [0.4, 0.5) is 0 Å². The standard InChI is InChI=1S/C55H78N12O18S2/c1-26(2)17-33(56)55(85)67-16-6-7-41(67)53(83)64-39-24-86-87-25-40(52(82)60-35(18-27(3)4)48(78)59-34(46(57)76)21-43(72)73)65-54(84)45(28(5)68)66-42(71)23-58-47(77)36(19-29-8-12-31(69)13-9-29)61-49(79)37(20-30-10-14-32(70)15-11-30)62-50(80)38(22-44(74)75)63-51(39)81/h8-15,26-28,33-41,45,68-70H,6-7,16-25,56H2,1-5H3,(H2,57,76)(H,58,77)(H,59,78)(H,60,82)(H,61,79)(H,62,80)(H,63,81)(H,64,83)(H,65,84)(H,66,71)(H,72,73)(H,74,75)/t28?,33-,34-,35-,36-,37-,38-,39-,40-,41-,45-/m0/s1. The number of amides is 11. The molecule has 0 aliphatic carbocycles. The van der Waals surface area contributed by atoms with Crippen LogP contribution >= 0.6 is 21.6 Å². The molecule has 2 aromatic carbocycles. The zero-order chi connectivity index (χ0) is 64.8. The molecular formula is C55H78N12O18S2. The molecule has 2 aliphatic rings. The lowest BCUT2D eigenvalue weighted by Crippen LogP contribution is -2.61. The molecule has 0 bridgehead atoms. The molecule has 18 N–H and O–H groups in total. The number of carboxylic acid groups (broad SMARTS) is 2. The summed E-state index contributed by atoms with van der Waals surface area (Å²) in [7, 11) is 1.58. The van der Waals surface area contributed by atoms with Crippen LogP contribution < -0.4 is 59.3 Å². The van der Waals surface area contributed by atoms with Crippen molar-refractivity contribution in [3.8, 4) is 11.5 Å². The average molecular weight is 1260 g/mol. The van der Waals surface area contributed by atoms with Gasteiger partial charge in [0.25, 0.3) is 0 Å². The van der Waals surface area contributed by atoms with Crippen molar-refractivity contribution in [3.05, 3.63) is 59.7 Å². The molecule has 0 radical (unpaired) electrons. The van der Waals surface area contributed by atoms with Crippen LogP contribution in [0.15, 0.2) is 48.5 Å². The first-order valence-corrected chi connectivity index (χ1v) is 30.4. The average Bonchev–Trinajstić information content (AvgIpc) is 3.26. The molecule has 2 fully saturated rings. The Morgan fingerprint density at radius 2 is 1.20 bits per heavy atom. The lowest BCUT2D eigenvalue weighted by atomic mass is 10.0. The second kappa shape index (κ2) is 34.2. The van der Waals surface area contributed by atoms with E-state index < -0.39 is 174 Å². The lowest BCUT2D eigenvalue weighted by Gasteiger charge is -2.29. The van der Waals surface area contributed by atoms with Gasteiger partial charge < -0.3 is 89.8 Å². The van der Waals surface area contributed by atoms with E-state index >= 15 is 0 Å². The van der Waals surface area contributed by atoms with Crippen LogP contribution in [0.2, 0.25) is 0 Å². The Balaban J connectivity index is 1.84. The Bertz CT molecular complexity index is 2810. The molecule has 0 saturated carbocycles. The van der Waals surface area contributed by atoms with Gasteiger partial charge in [0.05, 0.1) is 31.5 Å². The molecule has 2 saturated heterocycles. The number of likely N-dealkylation sites (tertiary alicyclic amines) is 1. The summed E-state index contributed by atoms with van der Waals surface area (Å²) in [5, 5.41) is 72.0. The number of nitrogens with one attached hydrogen (secondary N) is 9. The van der Waals surface area contributed by atoms with Crippen molar-refractivity contribution >= 4 is 98.5 Å². The predicted octanol–water partition coefficient (Wildman–Crippen LogP) is -3.50. The van der Waals surface area contributed by atoms with Crippen molar-refractivity contribution in [2.75, 3.05) is 24.6 Å². The monoisotopic (exact) mass is 1260 g/mol. The maximum Gasteiger partial charge on any atom is 0.305 e. The third-order valence-corrected chi connectivity index (χ3v) is 16.0. The Hall–Kier alpha value is -8.23. The quantitative estimate of drug-likeness (QED) is 0.0539. The number of aliphatic carboxylic acids is 2. The van der Waals surface area contributed by atoms with Crippen molar-refractivity contribution in [1.29, 1.82) is 0 Å². The van der Waals surface area contributed by atoms with Gasteiger partial charge in [0.15, 0.2) is 0 Å². The molecule has 0 aromatic heterocycles. The van der Waals surface area contributed by atoms with Crippen LogP contribution in [0.5, 0.6) is 11.5 Å². The van der Waals surface area contributed by atoms with Gasteiger partial charge in [0.2, 0.25) is 65.0 Å². The van der Waals surface area contributed by atoms with Gasteiger partial charge in [-0.05, 0) is 79.8 Å². The molecule has 11 atom stereocenters. The molecule has 478 valence electrons. The number of carboxylic acids is 2. The highest BCUT2D eigenvalue weighted by molar-refractivity contribution is 8.76. The summed E-state index contributed by atoms with van der Waals surface area (Å²) in [5.41, 5.74) is 12.3. The van der Waals surface area contributed by atoms with Crippen LogP contribution in [0.3, 0.4) is 0 Å². The maximum absolute atomic E-state index is 14.6. The Labute approximate surface area is 508 Å². The van der Waals surface area contributed by atoms with Crippen molar-refractivity contribution in [3.63, 3.8) is 0 Å². The minimum atomic E-state index is -2.00. The molecule has 2 aromatic rings. The van der Waals surface area contributed by atoms with Gasteiger partial charge >= 0.3 is 11.9 Å². The molecular weight excluding hydrogens is 1180 g/mol. The Morgan fingerprint density at radius 1 is 0.655 bits per heavy atom. The highest BCUT2D eigenvalue weighted by Crippen LogP contribution is 2.26. The number of benzene rings is 2. The van der Waals surface area contributed by atoms with Crippen LogP contribution in [0.1, 0.15) is 84.3 Å². The van der Waals surface area contributed by atoms with Crippen molar-refractivity contribution in [2.24, 2.45) is 23.3 Å². The fourth-order valence-electron chi connectivity index (χ4n) is 9.17. The highest BCUT2D eigenvalue weighted by Gasteiger charge is 2.40. The summed E-state index contributed by atoms with van der Waals surface area (Å²) >= 11 is 0. The van der Waals surface area contributed by atoms with E-state index in [0.717, 1.165) is 28.5 Å². The van der Waals surface area contributed by atoms with E-state index in [9.17, 15) is 87.9 Å². The molecule has 2 aliphatic heterocycles. The van der Waals surface area contributed by atoms with E-state index in [1.54, 1.807) is 13.8 Å². The number of nitrogens with two attached hydrogens (primary N) is 2. The topological polar surface area (TPSA) is 487 Å². The van der Waals surface area contributed by atoms with Gasteiger partial charge in [-0.1, -0.05) is 73.5 Å². The number of carbonyl (C=O) groups excluding carboxylic acids is 11. The lowest BCUT2D eigenvalue weighted by molar-refractivity contribution is -0.142. The van der Waals surface area contributed by atoms with E-state index in [2.05, 4.69) is 47.9 Å². The molecule has 4 rings (SSSR count). The molecule has 30 nitrogen and oxygen atoms in total. The van der Waals surface area contributed by atoms with Crippen molar-refractivity contribution in [1.82, 2.24) is 52.8 Å². The van der Waals surface area contributed by atoms with Gasteiger partial charge in [0, 0.05) is 30.9 Å². The summed E-state index contributed by atoms with van der Waals surface area (Å²) in [6.45, 7) is 7.38. The number of aliphatic hydroxyl groups excluding tert-OH is 1. The number of hydrogen-bond donors (Lipinski definition) is 16. The number of aliphatic hydroxyl groups is 1. The zero-order valence-corrected chi connectivity index (χ0v) is 50.2. The number of phenols is 2. The number of rotatable bonds is 21. The molecule has 32 heteroatoms. The minimum absolute atomic E-state index is 0.00666. The molecule has 0 spiro atoms. The third-order valence-electron chi connectivity index (χ3n) is 13.6. The van der Waals surface area contributed by atoms with E-state index in [-0.39, 0.29) is 62.0 Å². The summed E-state index contributed by atoms with van der Waals surface area (Å²) in [5.74, 6) is -16.2. The second-order valence-electron chi connectivity index (χ2n) is 21.9. The predicted molar refractivity (Wildman–Crippen MR) is 314 cm³/mol. The van der Waals surface area contributed by atoms with E-state index in [4.69, 9.17) is 11.5 Å². The van der Waals surface area contributed by atoms with Crippen LogP contribution in [0, 0.1) is 11.8 Å². The minimum Gasteiger partial charge on any atom is -0.508 e. The Morgan fingerprint density at radius 3 is 1.72 bits per heavy atom. The highest BCUT2D eigenvalue weighted by atomic mass is 33.1. The van der Waals surface area contributed by atoms with E-state index in [0.29, 0.717) is 17.5 Å². The zero-order valence-electron chi connectivity index (χ0n) is 48.6. The largest absolute Gasteiger partial charge is 0.508 e. The number of nitrogens with zero attached hydrogens (tertiary/aromatic N) is 1. The van der Waals surface area contributed by atoms with Crippen LogP contribution in [-0.2, 0) is 75.2 Å². The van der Waals surface area contributed by atoms with Crippen LogP contribution in [-0.4, -0.2) is 198 Å². The number of carbonyl (C=O) groups is 13. The number of hydrogen-bond acceptors (Lipinski definition) is 19. The summed E-state index contributed by atoms with van der Waals surface area (Å²) < 4.78 is 0. The third kappa shape index (κ3) is 23.5. The molecule has 11 amide bonds. The van der Waals surface area contributed by atoms with Crippen LogP contribution in [0.25, 0.3) is 0 Å². The van der Waals surface area contributed by atoms with Gasteiger partial charge in [-0.2, -0.15) is 0 Å². The van der Waals surface area contributed by atoms with Gasteiger partial charge in [-0.15, -0.1) is 0 Å². The van der Waals surface area contributed by atoms with Gasteiger partial charge in [0.1, 0.15) is 65.9 Å². The maximum atomic E-state index is 14.6. The summed E-state index contributed by atoms with van der Waals surface area (Å²) in [6, 6.07) is -5.15. The molecule has 1 unspecified atom stereocenters. The second-order valence-corrected chi connectivity index (χ2v) is 24.4. The van der Waals surface area contributed by atoms with Crippen molar-refractivity contribution in [2.45, 2.75) is 153 Å². The fraction of sp³-hybridized carbons (Fsp3) is 0.545. The number of primary amides is 1. The van der Waals surface area contributed by atoms with E-state index in [1.807, 2.05) is 13.8 Å². The fourth-order valence-corrected chi connectivity index (χ4v) is 11.5. The molecule has 2 heterocycles. The normalized spacial score (nSPS) is 22.8. The SMILES string of the molecule is CC(C)C[C@H](NC(=O)[C@@H]1CSSC[C@H](NC(=O)[C@@H]2CCCN2C(=O)[C@@H](N)CC(C)C)C(=O)N[C@@H](CC(=O)O)C(=O)N[C@@H](Cc2ccc(O)cc2)C(=O)N[C@@H](Cc2ccc(O)cc2)C(=O)NCC(=O)N[C@@H](C(C)O)C(=O)N1)C(=O)N[C@@H](CC(=O)O)C(N)=O. The number of phenolic OH excluding ortho intramolecular Hbond substituents is 2. The van der Waals surface area contributed by atoms with Crippen molar-refractivity contribution < 1.29 is 87.9 Å².